The van der Waals surface area contributed by atoms with Crippen LogP contribution in [0.3, 0.4) is 0 Å². The lowest BCUT2D eigenvalue weighted by molar-refractivity contribution is 0.181. The summed E-state index contributed by atoms with van der Waals surface area (Å²) in [7, 11) is 0. The number of urea groups is 1. The monoisotopic (exact) mass is 299 g/mol. The number of rotatable bonds is 2. The van der Waals surface area contributed by atoms with Gasteiger partial charge in [-0.25, -0.2) is 9.78 Å². The number of benzene rings is 1. The summed E-state index contributed by atoms with van der Waals surface area (Å²) in [4.78, 5) is 18.6. The molecule has 1 aliphatic rings. The second-order valence-electron chi connectivity index (χ2n) is 5.17. The molecule has 1 fully saturated rings. The summed E-state index contributed by atoms with van der Waals surface area (Å²) in [5, 5.41) is 3.86. The number of terminal acetylenes is 1. The normalized spacial score (nSPS) is 18.4. The van der Waals surface area contributed by atoms with Gasteiger partial charge < -0.3 is 10.2 Å². The van der Waals surface area contributed by atoms with Gasteiger partial charge in [-0.3, -0.25) is 0 Å². The number of hydrogen-bond acceptors (Lipinski definition) is 3. The number of nitrogens with one attached hydrogen (secondary N) is 1. The molecule has 0 saturated carbocycles. The van der Waals surface area contributed by atoms with Gasteiger partial charge in [-0.1, -0.05) is 18.1 Å². The zero-order valence-corrected chi connectivity index (χ0v) is 12.5. The SMILES string of the molecule is C#CCNC(=O)N1CCCC(c2nc3ccccc3s2)C1. The fourth-order valence-electron chi connectivity index (χ4n) is 2.67. The Balaban J connectivity index is 1.73. The number of thiazole rings is 1. The summed E-state index contributed by atoms with van der Waals surface area (Å²) >= 11 is 1.73. The van der Waals surface area contributed by atoms with Crippen molar-refractivity contribution in [3.63, 3.8) is 0 Å². The van der Waals surface area contributed by atoms with E-state index in [0.717, 1.165) is 36.5 Å². The zero-order chi connectivity index (χ0) is 14.7. The fraction of sp³-hybridized carbons (Fsp3) is 0.375. The van der Waals surface area contributed by atoms with E-state index in [4.69, 9.17) is 11.4 Å². The molecule has 1 atom stereocenters. The van der Waals surface area contributed by atoms with Gasteiger partial charge in [0.1, 0.15) is 0 Å². The van der Waals surface area contributed by atoms with Crippen LogP contribution < -0.4 is 5.32 Å². The Morgan fingerprint density at radius 2 is 2.38 bits per heavy atom. The van der Waals surface area contributed by atoms with Crippen molar-refractivity contribution >= 4 is 27.6 Å². The highest BCUT2D eigenvalue weighted by Gasteiger charge is 2.26. The van der Waals surface area contributed by atoms with Crippen LogP contribution in [0.4, 0.5) is 4.79 Å². The van der Waals surface area contributed by atoms with Gasteiger partial charge in [0.2, 0.25) is 0 Å². The van der Waals surface area contributed by atoms with E-state index in [1.165, 1.54) is 4.70 Å². The van der Waals surface area contributed by atoms with E-state index >= 15 is 0 Å². The summed E-state index contributed by atoms with van der Waals surface area (Å²) < 4.78 is 1.21. The molecule has 1 aromatic carbocycles. The summed E-state index contributed by atoms with van der Waals surface area (Å²) in [5.41, 5.74) is 1.05. The van der Waals surface area contributed by atoms with Gasteiger partial charge in [0.15, 0.2) is 0 Å². The third-order valence-electron chi connectivity index (χ3n) is 3.71. The lowest BCUT2D eigenvalue weighted by Crippen LogP contribution is -2.45. The van der Waals surface area contributed by atoms with Gasteiger partial charge in [0, 0.05) is 19.0 Å². The molecule has 0 radical (unpaired) electrons. The second kappa shape index (κ2) is 6.15. The molecule has 2 heterocycles. The fourth-order valence-corrected chi connectivity index (χ4v) is 3.76. The summed E-state index contributed by atoms with van der Waals surface area (Å²) in [5.74, 6) is 2.76. The van der Waals surface area contributed by atoms with Crippen LogP contribution in [0, 0.1) is 12.3 Å². The van der Waals surface area contributed by atoms with Crippen LogP contribution in [-0.4, -0.2) is 35.5 Å². The number of fused-ring (bicyclic) bond motifs is 1. The van der Waals surface area contributed by atoms with E-state index in [-0.39, 0.29) is 12.6 Å². The maximum Gasteiger partial charge on any atom is 0.318 e. The standard InChI is InChI=1S/C16H17N3OS/c1-2-9-17-16(20)19-10-5-6-12(11-19)15-18-13-7-3-4-8-14(13)21-15/h1,3-4,7-8,12H,5-6,9-11H2,(H,17,20). The molecule has 1 saturated heterocycles. The van der Waals surface area contributed by atoms with Crippen molar-refractivity contribution in [1.82, 2.24) is 15.2 Å². The van der Waals surface area contributed by atoms with Crippen LogP contribution in [0.15, 0.2) is 24.3 Å². The van der Waals surface area contributed by atoms with Crippen molar-refractivity contribution < 1.29 is 4.79 Å². The van der Waals surface area contributed by atoms with E-state index in [0.29, 0.717) is 5.92 Å². The Bertz CT molecular complexity index is 655. The third-order valence-corrected chi connectivity index (χ3v) is 4.91. The van der Waals surface area contributed by atoms with Crippen molar-refractivity contribution in [2.75, 3.05) is 19.6 Å². The van der Waals surface area contributed by atoms with Crippen LogP contribution in [0.2, 0.25) is 0 Å². The molecule has 3 rings (SSSR count). The molecule has 0 aliphatic carbocycles. The first kappa shape index (κ1) is 13.9. The van der Waals surface area contributed by atoms with E-state index in [1.54, 1.807) is 11.3 Å². The Hall–Kier alpha value is -2.06. The number of likely N-dealkylation sites (tertiary alicyclic amines) is 1. The van der Waals surface area contributed by atoms with Crippen molar-refractivity contribution in [3.05, 3.63) is 29.3 Å². The van der Waals surface area contributed by atoms with Crippen LogP contribution in [0.1, 0.15) is 23.8 Å². The lowest BCUT2D eigenvalue weighted by atomic mass is 9.99. The molecule has 108 valence electrons. The van der Waals surface area contributed by atoms with Gasteiger partial charge in [-0.2, -0.15) is 0 Å². The topological polar surface area (TPSA) is 45.2 Å². The van der Waals surface area contributed by atoms with E-state index in [9.17, 15) is 4.79 Å². The molecule has 1 aliphatic heterocycles. The molecule has 21 heavy (non-hydrogen) atoms. The predicted molar refractivity (Wildman–Crippen MR) is 85.4 cm³/mol. The van der Waals surface area contributed by atoms with Crippen molar-refractivity contribution in [3.8, 4) is 12.3 Å². The smallest absolute Gasteiger partial charge is 0.318 e. The maximum absolute atomic E-state index is 12.0. The number of amides is 2. The molecular formula is C16H17N3OS. The summed E-state index contributed by atoms with van der Waals surface area (Å²) in [6, 6.07) is 8.10. The first-order chi connectivity index (χ1) is 10.3. The van der Waals surface area contributed by atoms with E-state index in [1.807, 2.05) is 23.1 Å². The van der Waals surface area contributed by atoms with Crippen LogP contribution >= 0.6 is 11.3 Å². The van der Waals surface area contributed by atoms with Gasteiger partial charge in [0.25, 0.3) is 0 Å². The van der Waals surface area contributed by atoms with Crippen LogP contribution in [-0.2, 0) is 0 Å². The van der Waals surface area contributed by atoms with E-state index in [2.05, 4.69) is 17.3 Å². The molecule has 2 aromatic rings. The largest absolute Gasteiger partial charge is 0.327 e. The van der Waals surface area contributed by atoms with Crippen molar-refractivity contribution in [2.24, 2.45) is 0 Å². The number of carbonyl (C=O) groups is 1. The van der Waals surface area contributed by atoms with Gasteiger partial charge in [-0.15, -0.1) is 17.8 Å². The minimum Gasteiger partial charge on any atom is -0.327 e. The average Bonchev–Trinajstić information content (AvgIpc) is 2.97. The predicted octanol–water partition coefficient (Wildman–Crippen LogP) is 2.82. The first-order valence-electron chi connectivity index (χ1n) is 7.09. The zero-order valence-electron chi connectivity index (χ0n) is 11.7. The van der Waals surface area contributed by atoms with Crippen LogP contribution in [0.25, 0.3) is 10.2 Å². The highest BCUT2D eigenvalue weighted by molar-refractivity contribution is 7.18. The maximum atomic E-state index is 12.0. The Morgan fingerprint density at radius 3 is 3.19 bits per heavy atom. The summed E-state index contributed by atoms with van der Waals surface area (Å²) in [6.45, 7) is 1.79. The number of nitrogens with zero attached hydrogens (tertiary/aromatic N) is 2. The highest BCUT2D eigenvalue weighted by Crippen LogP contribution is 2.32. The third kappa shape index (κ3) is 3.01. The number of aromatic nitrogens is 1. The molecule has 5 heteroatoms. The molecule has 4 nitrogen and oxygen atoms in total. The molecule has 2 amide bonds. The molecular weight excluding hydrogens is 282 g/mol. The minimum atomic E-state index is -0.0706. The van der Waals surface area contributed by atoms with E-state index < -0.39 is 0 Å². The molecule has 1 N–H and O–H groups in total. The lowest BCUT2D eigenvalue weighted by Gasteiger charge is -2.31. The second-order valence-corrected chi connectivity index (χ2v) is 6.23. The number of para-hydroxylation sites is 1. The molecule has 1 aromatic heterocycles. The van der Waals surface area contributed by atoms with Crippen LogP contribution in [0.5, 0.6) is 0 Å². The van der Waals surface area contributed by atoms with Crippen molar-refractivity contribution in [2.45, 2.75) is 18.8 Å². The van der Waals surface area contributed by atoms with Gasteiger partial charge in [-0.05, 0) is 25.0 Å². The number of carbonyl (C=O) groups excluding carboxylic acids is 1. The Kier molecular flexibility index (Phi) is 4.07. The molecule has 0 spiro atoms. The molecule has 1 unspecified atom stereocenters. The average molecular weight is 299 g/mol. The number of piperidine rings is 1. The summed E-state index contributed by atoms with van der Waals surface area (Å²) in [6.07, 6.45) is 7.26. The first-order valence-corrected chi connectivity index (χ1v) is 7.91. The molecule has 0 bridgehead atoms. The number of hydrogen-bond donors (Lipinski definition) is 1. The van der Waals surface area contributed by atoms with Crippen molar-refractivity contribution in [1.29, 1.82) is 0 Å². The highest BCUT2D eigenvalue weighted by atomic mass is 32.1. The van der Waals surface area contributed by atoms with Gasteiger partial charge >= 0.3 is 6.03 Å². The van der Waals surface area contributed by atoms with Gasteiger partial charge in [0.05, 0.1) is 21.8 Å². The Labute approximate surface area is 128 Å². The quantitative estimate of drug-likeness (QED) is 0.867. The minimum absolute atomic E-state index is 0.0706. The Morgan fingerprint density at radius 1 is 1.52 bits per heavy atom.